The van der Waals surface area contributed by atoms with Crippen LogP contribution >= 0.6 is 43.5 Å². The molecule has 0 aliphatic carbocycles. The number of rotatable bonds is 4. The standard InChI is InChI=1S/C30H38FN5O5.C9H5BrFNO.C6H5BrFN.C5H7ClO2/c1-16(2)24-26(37)32-17(3)27(38)36-15-7-8-22(35-36)28(39)41-18(4)21-12-11-20-10-9-19(23(31)25(20)33-21)13-14-30(5,6)29(40)34-24;10-6-3-1-5-2-4-7(13)12-9(5)8(6)11;7-4-2-1-3-5(9)6(4)8;1-2-8-4-3-5(6)7/h9-14,16-18,22,24,35H,7-8,15H2,1-6H3,(H,32,37)(H,34,40);1-4H,(H,12,13);1-3H,9H2;3-4H,2H2,1H3/b14-13+;;;4-3+/t17-,18+,22-,24-;;;/m0.../s1. The maximum Gasteiger partial charge on any atom is 0.325 e. The molecule has 2 aromatic heterocycles. The first kappa shape index (κ1) is 57.5. The predicted octanol–water partition coefficient (Wildman–Crippen LogP) is 9.07. The average molecular weight is 1130 g/mol. The van der Waals surface area contributed by atoms with Crippen LogP contribution in [-0.4, -0.2) is 75.2 Å². The van der Waals surface area contributed by atoms with E-state index < -0.39 is 76.0 Å². The zero-order valence-electron chi connectivity index (χ0n) is 39.9. The van der Waals surface area contributed by atoms with E-state index in [9.17, 15) is 37.5 Å². The zero-order chi connectivity index (χ0) is 52.7. The molecule has 3 amide bonds. The van der Waals surface area contributed by atoms with Gasteiger partial charge in [0.1, 0.15) is 29.7 Å². The number of cyclic esters (lactones) is 1. The molecule has 0 radical (unpaired) electrons. The summed E-state index contributed by atoms with van der Waals surface area (Å²) >= 11 is 10.9. The van der Waals surface area contributed by atoms with Crippen molar-refractivity contribution in [3.8, 4) is 0 Å². The summed E-state index contributed by atoms with van der Waals surface area (Å²) in [6.45, 7) is 12.8. The van der Waals surface area contributed by atoms with Gasteiger partial charge in [-0.15, -0.1) is 0 Å². The number of fused-ring (bicyclic) bond motifs is 5. The third kappa shape index (κ3) is 16.2. The van der Waals surface area contributed by atoms with E-state index >= 15 is 4.39 Å². The van der Waals surface area contributed by atoms with Crippen LogP contribution in [0.1, 0.15) is 78.7 Å². The van der Waals surface area contributed by atoms with E-state index in [1.54, 1.807) is 102 Å². The first-order chi connectivity index (χ1) is 33.4. The van der Waals surface area contributed by atoms with Crippen molar-refractivity contribution < 1.29 is 46.6 Å². The zero-order valence-corrected chi connectivity index (χ0v) is 43.8. The monoisotopic (exact) mass is 1130 g/mol. The van der Waals surface area contributed by atoms with Crippen LogP contribution in [-0.2, 0) is 33.4 Å². The lowest BCUT2D eigenvalue weighted by Crippen LogP contribution is -2.61. The van der Waals surface area contributed by atoms with Crippen LogP contribution in [0.5, 0.6) is 0 Å². The van der Waals surface area contributed by atoms with Crippen LogP contribution < -0.4 is 27.4 Å². The summed E-state index contributed by atoms with van der Waals surface area (Å²) in [6, 6.07) is 15.2. The second kappa shape index (κ2) is 26.4. The van der Waals surface area contributed by atoms with Crippen LogP contribution in [0.15, 0.2) is 98.9 Å². The number of aromatic nitrogens is 2. The maximum atomic E-state index is 15.6. The fraction of sp³-hybridized carbons (Fsp3) is 0.340. The molecule has 0 unspecified atom stereocenters. The summed E-state index contributed by atoms with van der Waals surface area (Å²) in [5, 5.41) is 7.54. The number of ether oxygens (including phenoxy) is 2. The van der Waals surface area contributed by atoms with Crippen LogP contribution in [0.4, 0.5) is 18.9 Å². The lowest BCUT2D eigenvalue weighted by molar-refractivity contribution is -0.157. The van der Waals surface area contributed by atoms with E-state index in [0.717, 1.165) is 6.08 Å². The molecule has 7 rings (SSSR count). The minimum Gasteiger partial charge on any atom is -0.501 e. The van der Waals surface area contributed by atoms with Crippen molar-refractivity contribution >= 4 is 106 Å². The van der Waals surface area contributed by atoms with Crippen LogP contribution in [0.2, 0.25) is 0 Å². The van der Waals surface area contributed by atoms with Crippen molar-refractivity contribution in [1.82, 2.24) is 31.0 Å². The predicted molar refractivity (Wildman–Crippen MR) is 274 cm³/mol. The van der Waals surface area contributed by atoms with Gasteiger partial charge < -0.3 is 30.8 Å². The van der Waals surface area contributed by atoms with Gasteiger partial charge in [0.2, 0.25) is 22.6 Å². The molecule has 1 fully saturated rings. The highest BCUT2D eigenvalue weighted by molar-refractivity contribution is 9.10. The summed E-state index contributed by atoms with van der Waals surface area (Å²) in [5.74, 6) is -3.61. The highest BCUT2D eigenvalue weighted by Crippen LogP contribution is 2.28. The number of esters is 1. The van der Waals surface area contributed by atoms with Crippen molar-refractivity contribution in [2.45, 2.75) is 85.5 Å². The minimum absolute atomic E-state index is 0.110. The van der Waals surface area contributed by atoms with Gasteiger partial charge in [0, 0.05) is 35.0 Å². The molecular weight excluding hydrogens is 1080 g/mol. The number of benzene rings is 3. The molecule has 1 saturated heterocycles. The van der Waals surface area contributed by atoms with Gasteiger partial charge in [0.25, 0.3) is 5.91 Å². The Balaban J connectivity index is 0.000000291. The molecule has 6 N–H and O–H groups in total. The summed E-state index contributed by atoms with van der Waals surface area (Å²) < 4.78 is 52.6. The van der Waals surface area contributed by atoms with Gasteiger partial charge in [0.15, 0.2) is 17.5 Å². The topological polar surface area (TPSA) is 215 Å². The lowest BCUT2D eigenvalue weighted by Gasteiger charge is -2.35. The van der Waals surface area contributed by atoms with Gasteiger partial charge in [-0.25, -0.2) is 23.6 Å². The molecule has 2 aliphatic rings. The summed E-state index contributed by atoms with van der Waals surface area (Å²) in [7, 11) is 0. The molecule has 5 bridgehead atoms. The number of allylic oxidation sites excluding steroid dienone is 1. The van der Waals surface area contributed by atoms with Crippen molar-refractivity contribution in [3.63, 3.8) is 0 Å². The van der Waals surface area contributed by atoms with Gasteiger partial charge in [-0.05, 0) is 127 Å². The van der Waals surface area contributed by atoms with E-state index in [1.165, 1.54) is 29.5 Å². The molecule has 380 valence electrons. The third-order valence-electron chi connectivity index (χ3n) is 10.8. The first-order valence-corrected chi connectivity index (χ1v) is 24.2. The molecule has 4 atom stereocenters. The number of carbonyl (C=O) groups is 5. The Morgan fingerprint density at radius 3 is 2.25 bits per heavy atom. The minimum atomic E-state index is -1.10. The van der Waals surface area contributed by atoms with E-state index in [2.05, 4.69) is 62.6 Å². The Hall–Kier alpha value is -6.09. The van der Waals surface area contributed by atoms with Crippen LogP contribution in [0.3, 0.4) is 0 Å². The molecule has 4 heterocycles. The third-order valence-corrected chi connectivity index (χ3v) is 12.1. The molecular formula is C50H55Br2ClF3N7O8. The number of hydrazine groups is 1. The van der Waals surface area contributed by atoms with Crippen molar-refractivity contribution in [3.05, 3.63) is 133 Å². The molecule has 71 heavy (non-hydrogen) atoms. The molecule has 2 aliphatic heterocycles. The second-order valence-corrected chi connectivity index (χ2v) is 19.1. The SMILES string of the molecule is CC(C)[C@@H]1NC(=O)C(C)(C)/C=C/c2ccc3ccc(nc3c2F)[C@@H](C)OC(=O)[C@@H]2CCCN(N2)C(=O)[C@H](C)NC1=O.CCO/C=C/C(=O)Cl.Nc1cccc(Br)c1F.O=c1ccc2ccc(Br)c(F)c2[nH]1. The smallest absolute Gasteiger partial charge is 0.325 e. The van der Waals surface area contributed by atoms with Gasteiger partial charge in [-0.3, -0.25) is 33.8 Å². The lowest BCUT2D eigenvalue weighted by atomic mass is 9.89. The van der Waals surface area contributed by atoms with E-state index in [0.29, 0.717) is 51.4 Å². The summed E-state index contributed by atoms with van der Waals surface area (Å²) in [6.07, 6.45) is 5.73. The number of anilines is 1. The van der Waals surface area contributed by atoms with Crippen LogP contribution in [0, 0.1) is 28.8 Å². The van der Waals surface area contributed by atoms with Crippen molar-refractivity contribution in [1.29, 1.82) is 0 Å². The molecule has 0 spiro atoms. The number of halogens is 6. The molecule has 3 aromatic carbocycles. The van der Waals surface area contributed by atoms with E-state index in [1.807, 2.05) is 6.92 Å². The Morgan fingerprint density at radius 2 is 1.61 bits per heavy atom. The Bertz CT molecular complexity index is 2850. The van der Waals surface area contributed by atoms with Crippen LogP contribution in [0.25, 0.3) is 27.9 Å². The van der Waals surface area contributed by atoms with E-state index in [4.69, 9.17) is 22.1 Å². The fourth-order valence-corrected chi connectivity index (χ4v) is 7.45. The highest BCUT2D eigenvalue weighted by atomic mass is 79.9. The number of hydrogen-bond donors (Lipinski definition) is 5. The first-order valence-electron chi connectivity index (χ1n) is 22.3. The van der Waals surface area contributed by atoms with Crippen molar-refractivity contribution in [2.24, 2.45) is 11.3 Å². The quantitative estimate of drug-likeness (QED) is 0.0376. The Labute approximate surface area is 430 Å². The average Bonchev–Trinajstić information content (AvgIpc) is 3.33. The number of nitrogens with one attached hydrogen (secondary N) is 4. The summed E-state index contributed by atoms with van der Waals surface area (Å²) in [4.78, 5) is 80.4. The van der Waals surface area contributed by atoms with Gasteiger partial charge >= 0.3 is 5.97 Å². The van der Waals surface area contributed by atoms with E-state index in [-0.39, 0.29) is 33.8 Å². The normalized spacial score (nSPS) is 19.8. The van der Waals surface area contributed by atoms with Gasteiger partial charge in [-0.1, -0.05) is 56.3 Å². The number of carbonyl (C=O) groups excluding carboxylic acids is 5. The number of hydrogen-bond acceptors (Lipinski definition) is 11. The maximum absolute atomic E-state index is 15.6. The number of amides is 3. The van der Waals surface area contributed by atoms with Gasteiger partial charge in [0.05, 0.1) is 44.1 Å². The molecule has 0 saturated carbocycles. The summed E-state index contributed by atoms with van der Waals surface area (Å²) in [5.41, 5.74) is 7.86. The van der Waals surface area contributed by atoms with Crippen molar-refractivity contribution in [2.75, 3.05) is 18.9 Å². The number of nitrogens with zero attached hydrogens (tertiary/aromatic N) is 2. The number of nitrogen functional groups attached to an aromatic ring is 1. The number of nitrogens with two attached hydrogens (primary N) is 1. The highest BCUT2D eigenvalue weighted by Gasteiger charge is 2.35. The molecule has 21 heteroatoms. The Morgan fingerprint density at radius 1 is 0.944 bits per heavy atom. The second-order valence-electron chi connectivity index (χ2n) is 17.0. The molecule has 5 aromatic rings. The number of aromatic amines is 1. The largest absolute Gasteiger partial charge is 0.501 e. The number of H-pyrrole nitrogens is 1. The Kier molecular flexibility index (Phi) is 21.4. The van der Waals surface area contributed by atoms with Gasteiger partial charge in [-0.2, -0.15) is 0 Å². The molecule has 15 nitrogen and oxygen atoms in total. The fourth-order valence-electron chi connectivity index (χ4n) is 6.69. The number of pyridine rings is 2.